The number of carboxylic acids is 1. The van der Waals surface area contributed by atoms with Crippen LogP contribution in [0, 0.1) is 11.8 Å². The molecule has 5 heteroatoms. The maximum absolute atomic E-state index is 10.6. The van der Waals surface area contributed by atoms with E-state index < -0.39 is 5.97 Å². The number of carboxylic acid groups (broad SMARTS) is 1. The van der Waals surface area contributed by atoms with Crippen molar-refractivity contribution in [1.29, 1.82) is 0 Å². The zero-order chi connectivity index (χ0) is 11.1. The van der Waals surface area contributed by atoms with Gasteiger partial charge in [-0.05, 0) is 12.3 Å². The molecule has 0 bridgehead atoms. The highest BCUT2D eigenvalue weighted by molar-refractivity contribution is 5.85. The summed E-state index contributed by atoms with van der Waals surface area (Å²) in [7, 11) is 0. The van der Waals surface area contributed by atoms with Gasteiger partial charge in [0.15, 0.2) is 5.69 Å². The summed E-state index contributed by atoms with van der Waals surface area (Å²) < 4.78 is 0. The molecule has 2 N–H and O–H groups in total. The third kappa shape index (κ3) is 3.75. The van der Waals surface area contributed by atoms with Gasteiger partial charge >= 0.3 is 5.97 Å². The molecule has 1 rings (SSSR count). The summed E-state index contributed by atoms with van der Waals surface area (Å²) in [6.07, 6.45) is 2.33. The number of hydrogen-bond acceptors (Lipinski definition) is 4. The first-order valence-corrected chi connectivity index (χ1v) is 4.39. The van der Waals surface area contributed by atoms with Gasteiger partial charge < -0.3 is 10.2 Å². The Morgan fingerprint density at radius 2 is 2.27 bits per heavy atom. The fraction of sp³-hybridized carbons (Fsp3) is 0.300. The van der Waals surface area contributed by atoms with E-state index in [4.69, 9.17) is 10.2 Å². The second-order valence-corrected chi connectivity index (χ2v) is 2.72. The molecule has 5 nitrogen and oxygen atoms in total. The summed E-state index contributed by atoms with van der Waals surface area (Å²) in [5, 5.41) is 17.2. The molecule has 0 aromatic carbocycles. The first-order chi connectivity index (χ1) is 7.24. The van der Waals surface area contributed by atoms with E-state index in [1.807, 2.05) is 0 Å². The molecule has 0 saturated heterocycles. The van der Waals surface area contributed by atoms with Gasteiger partial charge in [-0.15, -0.1) is 0 Å². The average Bonchev–Trinajstić information content (AvgIpc) is 2.25. The van der Waals surface area contributed by atoms with E-state index >= 15 is 0 Å². The van der Waals surface area contributed by atoms with Crippen LogP contribution in [0.25, 0.3) is 0 Å². The summed E-state index contributed by atoms with van der Waals surface area (Å²) >= 11 is 0. The van der Waals surface area contributed by atoms with Crippen molar-refractivity contribution in [2.75, 3.05) is 6.61 Å². The van der Waals surface area contributed by atoms with Gasteiger partial charge in [0.1, 0.15) is 12.0 Å². The Hall–Kier alpha value is -1.93. The number of aliphatic hydroxyl groups is 1. The van der Waals surface area contributed by atoms with Crippen molar-refractivity contribution in [1.82, 2.24) is 9.97 Å². The number of aromatic carboxylic acids is 1. The molecule has 0 aliphatic heterocycles. The predicted molar refractivity (Wildman–Crippen MR) is 52.2 cm³/mol. The Morgan fingerprint density at radius 3 is 2.93 bits per heavy atom. The number of carbonyl (C=O) groups is 1. The molecule has 0 radical (unpaired) electrons. The van der Waals surface area contributed by atoms with Crippen LogP contribution in [0.1, 0.15) is 29.0 Å². The monoisotopic (exact) mass is 206 g/mol. The molecule has 0 fully saturated rings. The lowest BCUT2D eigenvalue weighted by atomic mass is 10.3. The van der Waals surface area contributed by atoms with E-state index in [0.29, 0.717) is 18.5 Å². The lowest BCUT2D eigenvalue weighted by Crippen LogP contribution is -2.01. The van der Waals surface area contributed by atoms with Gasteiger partial charge in [0.2, 0.25) is 0 Å². The van der Waals surface area contributed by atoms with E-state index in [-0.39, 0.29) is 12.3 Å². The second kappa shape index (κ2) is 5.73. The Kier molecular flexibility index (Phi) is 4.26. The molecular weight excluding hydrogens is 196 g/mol. The summed E-state index contributed by atoms with van der Waals surface area (Å²) in [5.41, 5.74) is 0.303. The van der Waals surface area contributed by atoms with Crippen LogP contribution in [0.4, 0.5) is 0 Å². The fourth-order valence-electron chi connectivity index (χ4n) is 0.863. The maximum Gasteiger partial charge on any atom is 0.354 e. The minimum Gasteiger partial charge on any atom is -0.477 e. The summed E-state index contributed by atoms with van der Waals surface area (Å²) in [6.45, 7) is 0.0961. The predicted octanol–water partition coefficient (Wildman–Crippen LogP) is 0.299. The first kappa shape index (κ1) is 11.1. The van der Waals surface area contributed by atoms with Crippen molar-refractivity contribution in [2.45, 2.75) is 12.8 Å². The molecule has 0 spiro atoms. The van der Waals surface area contributed by atoms with Crippen LogP contribution in [-0.4, -0.2) is 32.8 Å². The molecule has 0 saturated carbocycles. The van der Waals surface area contributed by atoms with E-state index in [2.05, 4.69) is 21.8 Å². The Bertz CT molecular complexity index is 407. The molecule has 0 aliphatic carbocycles. The van der Waals surface area contributed by atoms with Crippen LogP contribution in [0.2, 0.25) is 0 Å². The zero-order valence-electron chi connectivity index (χ0n) is 7.97. The highest BCUT2D eigenvalue weighted by atomic mass is 16.4. The van der Waals surface area contributed by atoms with Crippen LogP contribution in [0.3, 0.4) is 0 Å². The second-order valence-electron chi connectivity index (χ2n) is 2.72. The number of aliphatic hydroxyl groups excluding tert-OH is 1. The Morgan fingerprint density at radius 1 is 1.47 bits per heavy atom. The van der Waals surface area contributed by atoms with Crippen LogP contribution >= 0.6 is 0 Å². The van der Waals surface area contributed by atoms with E-state index in [1.54, 1.807) is 0 Å². The van der Waals surface area contributed by atoms with Crippen LogP contribution < -0.4 is 0 Å². The van der Waals surface area contributed by atoms with Crippen molar-refractivity contribution >= 4 is 5.97 Å². The van der Waals surface area contributed by atoms with Crippen molar-refractivity contribution < 1.29 is 15.0 Å². The van der Waals surface area contributed by atoms with Gasteiger partial charge in [0.05, 0.1) is 0 Å². The minimum atomic E-state index is -1.10. The van der Waals surface area contributed by atoms with Gasteiger partial charge in [-0.25, -0.2) is 14.8 Å². The molecule has 1 heterocycles. The standard InChI is InChI=1S/C10H10N2O3/c13-5-3-1-2-4-8-6-9(10(14)15)12-7-11-8/h6-7,13H,1,3,5H2,(H,14,15). The van der Waals surface area contributed by atoms with Crippen molar-refractivity contribution in [3.8, 4) is 11.8 Å². The number of hydrogen-bond donors (Lipinski definition) is 2. The van der Waals surface area contributed by atoms with Crippen molar-refractivity contribution in [3.05, 3.63) is 23.8 Å². The normalized spacial score (nSPS) is 9.13. The number of nitrogens with zero attached hydrogens (tertiary/aromatic N) is 2. The Balaban J connectivity index is 2.72. The maximum atomic E-state index is 10.6. The highest BCUT2D eigenvalue weighted by Crippen LogP contribution is 1.96. The third-order valence-corrected chi connectivity index (χ3v) is 1.56. The number of rotatable bonds is 3. The highest BCUT2D eigenvalue weighted by Gasteiger charge is 2.03. The topological polar surface area (TPSA) is 83.3 Å². The summed E-state index contributed by atoms with van der Waals surface area (Å²) in [5.74, 6) is 4.37. The van der Waals surface area contributed by atoms with Gasteiger partial charge in [0.25, 0.3) is 0 Å². The summed E-state index contributed by atoms with van der Waals surface area (Å²) in [4.78, 5) is 17.9. The zero-order valence-corrected chi connectivity index (χ0v) is 7.97. The molecule has 15 heavy (non-hydrogen) atoms. The smallest absolute Gasteiger partial charge is 0.354 e. The van der Waals surface area contributed by atoms with Gasteiger partial charge in [0, 0.05) is 19.1 Å². The van der Waals surface area contributed by atoms with Crippen LogP contribution in [-0.2, 0) is 0 Å². The van der Waals surface area contributed by atoms with Crippen molar-refractivity contribution in [3.63, 3.8) is 0 Å². The van der Waals surface area contributed by atoms with Gasteiger partial charge in [-0.3, -0.25) is 0 Å². The van der Waals surface area contributed by atoms with Crippen molar-refractivity contribution in [2.24, 2.45) is 0 Å². The molecule has 1 aromatic heterocycles. The van der Waals surface area contributed by atoms with Gasteiger partial charge in [-0.2, -0.15) is 0 Å². The lowest BCUT2D eigenvalue weighted by molar-refractivity contribution is 0.0690. The minimum absolute atomic E-state index is 0.0727. The largest absolute Gasteiger partial charge is 0.477 e. The first-order valence-electron chi connectivity index (χ1n) is 4.39. The molecule has 78 valence electrons. The molecular formula is C10H10N2O3. The number of aromatic nitrogens is 2. The van der Waals surface area contributed by atoms with E-state index in [1.165, 1.54) is 12.4 Å². The molecule has 0 unspecified atom stereocenters. The third-order valence-electron chi connectivity index (χ3n) is 1.56. The van der Waals surface area contributed by atoms with Gasteiger partial charge in [-0.1, -0.05) is 5.92 Å². The SMILES string of the molecule is O=C(O)c1cc(C#CCCCO)ncn1. The fourth-order valence-corrected chi connectivity index (χ4v) is 0.863. The Labute approximate surface area is 86.8 Å². The van der Waals surface area contributed by atoms with Crippen LogP contribution in [0.15, 0.2) is 12.4 Å². The van der Waals surface area contributed by atoms with Crippen LogP contribution in [0.5, 0.6) is 0 Å². The quantitative estimate of drug-likeness (QED) is 0.549. The summed E-state index contributed by atoms with van der Waals surface area (Å²) in [6, 6.07) is 1.31. The van der Waals surface area contributed by atoms with E-state index in [9.17, 15) is 4.79 Å². The number of unbranched alkanes of at least 4 members (excludes halogenated alkanes) is 1. The average molecular weight is 206 g/mol. The molecule has 1 aromatic rings. The lowest BCUT2D eigenvalue weighted by Gasteiger charge is -1.92. The molecule has 0 atom stereocenters. The molecule has 0 amide bonds. The van der Waals surface area contributed by atoms with E-state index in [0.717, 1.165) is 0 Å². The molecule has 0 aliphatic rings.